The number of methoxy groups -OCH3 is 1. The minimum atomic E-state index is -0.617. The van der Waals surface area contributed by atoms with Crippen LogP contribution in [0.3, 0.4) is 0 Å². The van der Waals surface area contributed by atoms with E-state index >= 15 is 0 Å². The molecule has 170 valence electrons. The SMILES string of the molecule is CO[C@@H](O)CCC/C=C(\C)[C@H]1CC[C@H]2[C@@H]3CC=C4C[C@@H](O)CC[C@]4(C)C3CC[C@]12C. The summed E-state index contributed by atoms with van der Waals surface area (Å²) in [5.41, 5.74) is 3.96. The summed E-state index contributed by atoms with van der Waals surface area (Å²) in [6.07, 6.45) is 16.8. The molecule has 0 heterocycles. The van der Waals surface area contributed by atoms with Crippen LogP contribution in [0.25, 0.3) is 0 Å². The van der Waals surface area contributed by atoms with Crippen LogP contribution in [0.2, 0.25) is 0 Å². The largest absolute Gasteiger partial charge is 0.393 e. The van der Waals surface area contributed by atoms with Gasteiger partial charge in [-0.2, -0.15) is 0 Å². The third-order valence-electron chi connectivity index (χ3n) is 10.0. The second kappa shape index (κ2) is 8.71. The molecule has 4 rings (SSSR count). The molecule has 3 saturated carbocycles. The van der Waals surface area contributed by atoms with Crippen LogP contribution in [0, 0.1) is 34.5 Å². The average molecular weight is 417 g/mol. The van der Waals surface area contributed by atoms with E-state index < -0.39 is 6.29 Å². The summed E-state index contributed by atoms with van der Waals surface area (Å²) in [6, 6.07) is 0. The quantitative estimate of drug-likeness (QED) is 0.317. The first kappa shape index (κ1) is 22.6. The van der Waals surface area contributed by atoms with E-state index in [9.17, 15) is 10.2 Å². The molecular weight excluding hydrogens is 372 g/mol. The van der Waals surface area contributed by atoms with Crippen molar-refractivity contribution in [2.24, 2.45) is 34.5 Å². The van der Waals surface area contributed by atoms with E-state index in [-0.39, 0.29) is 6.10 Å². The Kier molecular flexibility index (Phi) is 6.55. The van der Waals surface area contributed by atoms with Crippen LogP contribution < -0.4 is 0 Å². The van der Waals surface area contributed by atoms with Gasteiger partial charge >= 0.3 is 0 Å². The zero-order valence-corrected chi connectivity index (χ0v) is 19.7. The highest BCUT2D eigenvalue weighted by Gasteiger charge is 2.58. The molecule has 4 aliphatic carbocycles. The van der Waals surface area contributed by atoms with Crippen molar-refractivity contribution >= 4 is 0 Å². The molecule has 0 aromatic heterocycles. The van der Waals surface area contributed by atoms with Gasteiger partial charge in [-0.25, -0.2) is 0 Å². The first-order chi connectivity index (χ1) is 14.3. The van der Waals surface area contributed by atoms with Gasteiger partial charge in [0.15, 0.2) is 6.29 Å². The van der Waals surface area contributed by atoms with Crippen molar-refractivity contribution in [2.75, 3.05) is 7.11 Å². The Morgan fingerprint density at radius 1 is 1.20 bits per heavy atom. The lowest BCUT2D eigenvalue weighted by Crippen LogP contribution is -2.50. The number of hydrogen-bond donors (Lipinski definition) is 2. The number of aliphatic hydroxyl groups is 2. The fourth-order valence-electron chi connectivity index (χ4n) is 8.27. The van der Waals surface area contributed by atoms with Gasteiger partial charge < -0.3 is 14.9 Å². The Morgan fingerprint density at radius 2 is 2.00 bits per heavy atom. The molecule has 0 amide bonds. The Hall–Kier alpha value is -0.640. The Labute approximate surface area is 184 Å². The lowest BCUT2D eigenvalue weighted by molar-refractivity contribution is -0.0788. The van der Waals surface area contributed by atoms with Crippen LogP contribution in [0.5, 0.6) is 0 Å². The summed E-state index contributed by atoms with van der Waals surface area (Å²) in [6.45, 7) is 7.49. The predicted molar refractivity (Wildman–Crippen MR) is 122 cm³/mol. The molecule has 0 aromatic rings. The number of ether oxygens (including phenoxy) is 1. The minimum absolute atomic E-state index is 0.108. The smallest absolute Gasteiger partial charge is 0.154 e. The first-order valence-electron chi connectivity index (χ1n) is 12.5. The van der Waals surface area contributed by atoms with Gasteiger partial charge in [0.1, 0.15) is 0 Å². The van der Waals surface area contributed by atoms with E-state index in [0.717, 1.165) is 55.8 Å². The summed E-state index contributed by atoms with van der Waals surface area (Å²) in [5.74, 6) is 3.23. The predicted octanol–water partition coefficient (Wildman–Crippen LogP) is 6.01. The monoisotopic (exact) mass is 416 g/mol. The molecule has 0 aliphatic heterocycles. The standard InChI is InChI=1S/C27H44O3/c1-18(7-5-6-8-25(29)30-4)22-11-12-23-21-10-9-19-17-20(28)13-15-26(19,2)24(21)14-16-27(22,23)3/h7,9,20-25,28-29H,5-6,8,10-17H2,1-4H3/b18-7+/t20-,21-,22+,23-,24?,25+,26-,27+/m0/s1. The Balaban J connectivity index is 1.46. The van der Waals surface area contributed by atoms with Gasteiger partial charge in [-0.15, -0.1) is 0 Å². The van der Waals surface area contributed by atoms with Crippen molar-refractivity contribution in [3.05, 3.63) is 23.3 Å². The van der Waals surface area contributed by atoms with E-state index in [2.05, 4.69) is 32.9 Å². The zero-order chi connectivity index (χ0) is 21.5. The molecule has 1 unspecified atom stereocenters. The van der Waals surface area contributed by atoms with E-state index in [1.54, 1.807) is 18.3 Å². The van der Waals surface area contributed by atoms with E-state index in [0.29, 0.717) is 10.8 Å². The maximum Gasteiger partial charge on any atom is 0.154 e. The molecular formula is C27H44O3. The lowest BCUT2D eigenvalue weighted by Gasteiger charge is -2.58. The average Bonchev–Trinajstić information content (AvgIpc) is 3.08. The van der Waals surface area contributed by atoms with E-state index in [4.69, 9.17) is 4.74 Å². The van der Waals surface area contributed by atoms with Crippen molar-refractivity contribution < 1.29 is 14.9 Å². The van der Waals surface area contributed by atoms with Crippen LogP contribution in [-0.4, -0.2) is 29.7 Å². The summed E-state index contributed by atoms with van der Waals surface area (Å²) in [4.78, 5) is 0. The fraction of sp³-hybridized carbons (Fsp3) is 0.852. The van der Waals surface area contributed by atoms with E-state index in [1.165, 1.54) is 38.5 Å². The number of fused-ring (bicyclic) bond motifs is 5. The summed E-state index contributed by atoms with van der Waals surface area (Å²) in [5, 5.41) is 19.8. The molecule has 2 N–H and O–H groups in total. The van der Waals surface area contributed by atoms with Gasteiger partial charge in [-0.3, -0.25) is 0 Å². The zero-order valence-electron chi connectivity index (χ0n) is 19.7. The van der Waals surface area contributed by atoms with Crippen molar-refractivity contribution in [3.63, 3.8) is 0 Å². The summed E-state index contributed by atoms with van der Waals surface area (Å²) >= 11 is 0. The van der Waals surface area contributed by atoms with Crippen molar-refractivity contribution in [1.82, 2.24) is 0 Å². The molecule has 3 heteroatoms. The molecule has 8 atom stereocenters. The third-order valence-corrected chi connectivity index (χ3v) is 10.0. The number of aliphatic hydroxyl groups excluding tert-OH is 2. The second-order valence-corrected chi connectivity index (χ2v) is 11.4. The van der Waals surface area contributed by atoms with Gasteiger partial charge in [0.2, 0.25) is 0 Å². The highest BCUT2D eigenvalue weighted by Crippen LogP contribution is 2.67. The van der Waals surface area contributed by atoms with Crippen molar-refractivity contribution in [3.8, 4) is 0 Å². The van der Waals surface area contributed by atoms with Gasteiger partial charge in [0, 0.05) is 7.11 Å². The highest BCUT2D eigenvalue weighted by atomic mass is 16.6. The molecule has 3 fully saturated rings. The molecule has 3 nitrogen and oxygen atoms in total. The van der Waals surface area contributed by atoms with Crippen LogP contribution in [0.15, 0.2) is 23.3 Å². The normalized spacial score (nSPS) is 44.7. The molecule has 0 aromatic carbocycles. The maximum absolute atomic E-state index is 10.2. The Bertz CT molecular complexity index is 682. The van der Waals surface area contributed by atoms with Crippen LogP contribution >= 0.6 is 0 Å². The molecule has 0 spiro atoms. The number of unbranched alkanes of at least 4 members (excludes halogenated alkanes) is 1. The van der Waals surface area contributed by atoms with Crippen LogP contribution in [-0.2, 0) is 4.74 Å². The second-order valence-electron chi connectivity index (χ2n) is 11.4. The molecule has 0 radical (unpaired) electrons. The third kappa shape index (κ3) is 3.84. The first-order valence-corrected chi connectivity index (χ1v) is 12.5. The topological polar surface area (TPSA) is 49.7 Å². The van der Waals surface area contributed by atoms with Crippen molar-refractivity contribution in [2.45, 2.75) is 104 Å². The van der Waals surface area contributed by atoms with Crippen LogP contribution in [0.4, 0.5) is 0 Å². The van der Waals surface area contributed by atoms with Gasteiger partial charge in [-0.05, 0) is 112 Å². The van der Waals surface area contributed by atoms with E-state index in [1.807, 2.05) is 0 Å². The lowest BCUT2D eigenvalue weighted by atomic mass is 9.47. The molecule has 0 saturated heterocycles. The van der Waals surface area contributed by atoms with Gasteiger partial charge in [-0.1, -0.05) is 37.1 Å². The van der Waals surface area contributed by atoms with Crippen LogP contribution in [0.1, 0.15) is 91.4 Å². The number of hydrogen-bond acceptors (Lipinski definition) is 3. The van der Waals surface area contributed by atoms with Gasteiger partial charge in [0.25, 0.3) is 0 Å². The molecule has 30 heavy (non-hydrogen) atoms. The summed E-state index contributed by atoms with van der Waals surface area (Å²) in [7, 11) is 1.57. The molecule has 4 aliphatic rings. The number of allylic oxidation sites excluding steroid dienone is 3. The minimum Gasteiger partial charge on any atom is -0.393 e. The maximum atomic E-state index is 10.2. The van der Waals surface area contributed by atoms with Gasteiger partial charge in [0.05, 0.1) is 6.10 Å². The molecule has 0 bridgehead atoms. The van der Waals surface area contributed by atoms with Crippen molar-refractivity contribution in [1.29, 1.82) is 0 Å². The fourth-order valence-corrected chi connectivity index (χ4v) is 8.27. The highest BCUT2D eigenvalue weighted by molar-refractivity contribution is 5.26. The number of rotatable bonds is 6. The Morgan fingerprint density at radius 3 is 2.77 bits per heavy atom. The summed E-state index contributed by atoms with van der Waals surface area (Å²) < 4.78 is 4.96.